The molecule has 2 heterocycles. The number of methoxy groups -OCH3 is 2. The molecule has 2 aromatic carbocycles. The molecule has 2 N–H and O–H groups in total. The molecule has 0 bridgehead atoms. The number of H-pyrrole nitrogens is 1. The number of thioether (sulfide) groups is 1. The first kappa shape index (κ1) is 21.0. The molecule has 0 unspecified atom stereocenters. The van der Waals surface area contributed by atoms with Crippen molar-refractivity contribution in [2.45, 2.75) is 30.2 Å². The van der Waals surface area contributed by atoms with Gasteiger partial charge in [0.25, 0.3) is 5.56 Å². The van der Waals surface area contributed by atoms with Crippen molar-refractivity contribution in [1.82, 2.24) is 9.97 Å². The third kappa shape index (κ3) is 4.29. The molecule has 3 aromatic rings. The smallest absolute Gasteiger partial charge is 0.257 e. The average molecular weight is 438 g/mol. The predicted molar refractivity (Wildman–Crippen MR) is 120 cm³/mol. The maximum atomic E-state index is 13.1. The molecule has 1 aromatic heterocycles. The number of para-hydroxylation sites is 1. The second-order valence-electron chi connectivity index (χ2n) is 7.30. The third-order valence-corrected chi connectivity index (χ3v) is 6.14. The number of carbonyl (C=O) groups is 1. The fourth-order valence-electron chi connectivity index (χ4n) is 3.82. The fraction of sp³-hybridized carbons (Fsp3) is 0.261. The van der Waals surface area contributed by atoms with Crippen LogP contribution in [0.4, 0.5) is 5.82 Å². The summed E-state index contributed by atoms with van der Waals surface area (Å²) in [6.45, 7) is 2.04. The minimum atomic E-state index is -0.485. The van der Waals surface area contributed by atoms with Gasteiger partial charge in [-0.05, 0) is 18.6 Å². The van der Waals surface area contributed by atoms with Crippen LogP contribution in [0.25, 0.3) is 0 Å². The van der Waals surface area contributed by atoms with Gasteiger partial charge < -0.3 is 19.8 Å². The van der Waals surface area contributed by atoms with E-state index in [9.17, 15) is 9.59 Å². The van der Waals surface area contributed by atoms with E-state index < -0.39 is 5.92 Å². The van der Waals surface area contributed by atoms with E-state index in [2.05, 4.69) is 21.4 Å². The molecule has 4 rings (SSSR count). The summed E-state index contributed by atoms with van der Waals surface area (Å²) in [7, 11) is 3.09. The molecule has 1 amide bonds. The van der Waals surface area contributed by atoms with Crippen molar-refractivity contribution in [3.8, 4) is 11.5 Å². The van der Waals surface area contributed by atoms with Crippen molar-refractivity contribution in [1.29, 1.82) is 0 Å². The minimum Gasteiger partial charge on any atom is -0.493 e. The lowest BCUT2D eigenvalue weighted by molar-refractivity contribution is -0.116. The lowest BCUT2D eigenvalue weighted by atomic mass is 9.86. The predicted octanol–water partition coefficient (Wildman–Crippen LogP) is 3.86. The Labute approximate surface area is 184 Å². The molecule has 0 saturated carbocycles. The lowest BCUT2D eigenvalue weighted by Crippen LogP contribution is -2.31. The largest absolute Gasteiger partial charge is 0.493 e. The topological polar surface area (TPSA) is 93.3 Å². The van der Waals surface area contributed by atoms with E-state index in [0.29, 0.717) is 39.4 Å². The molecule has 1 aliphatic heterocycles. The van der Waals surface area contributed by atoms with E-state index in [4.69, 9.17) is 9.47 Å². The van der Waals surface area contributed by atoms with Crippen LogP contribution in [0.3, 0.4) is 0 Å². The van der Waals surface area contributed by atoms with Crippen molar-refractivity contribution in [3.05, 3.63) is 75.1 Å². The maximum absolute atomic E-state index is 13.1. The van der Waals surface area contributed by atoms with Gasteiger partial charge in [-0.2, -0.15) is 0 Å². The van der Waals surface area contributed by atoms with Gasteiger partial charge in [-0.1, -0.05) is 53.7 Å². The highest BCUT2D eigenvalue weighted by Gasteiger charge is 2.33. The first-order chi connectivity index (χ1) is 15.0. The number of ether oxygens (including phenoxy) is 2. The number of aromatic amines is 1. The number of aryl methyl sites for hydroxylation is 1. The van der Waals surface area contributed by atoms with Crippen molar-refractivity contribution in [2.24, 2.45) is 0 Å². The summed E-state index contributed by atoms with van der Waals surface area (Å²) < 4.78 is 10.9. The molecule has 31 heavy (non-hydrogen) atoms. The number of rotatable bonds is 6. The Hall–Kier alpha value is -3.26. The molecular formula is C23H23N3O4S. The quantitative estimate of drug-likeness (QED) is 0.449. The Morgan fingerprint density at radius 3 is 2.68 bits per heavy atom. The van der Waals surface area contributed by atoms with Gasteiger partial charge in [0.05, 0.1) is 19.8 Å². The standard InChI is InChI=1S/C23H23N3O4S/c1-13-6-4-7-14(10-13)12-31-23-25-21-19(22(28)26-23)16(11-18(27)24-21)15-8-5-9-17(29-2)20(15)30-3/h4-10,16H,11-12H2,1-3H3,(H2,24,25,26,27,28)/t16-/m0/s1. The highest BCUT2D eigenvalue weighted by atomic mass is 32.2. The van der Waals surface area contributed by atoms with Crippen LogP contribution in [0.2, 0.25) is 0 Å². The highest BCUT2D eigenvalue weighted by Crippen LogP contribution is 2.42. The number of aromatic nitrogens is 2. The van der Waals surface area contributed by atoms with Crippen LogP contribution in [0.5, 0.6) is 11.5 Å². The van der Waals surface area contributed by atoms with Gasteiger partial charge in [-0.15, -0.1) is 0 Å². The summed E-state index contributed by atoms with van der Waals surface area (Å²) in [5, 5.41) is 3.22. The van der Waals surface area contributed by atoms with Crippen LogP contribution in [0.1, 0.15) is 34.6 Å². The van der Waals surface area contributed by atoms with E-state index in [1.807, 2.05) is 37.3 Å². The number of hydrogen-bond donors (Lipinski definition) is 2. The highest BCUT2D eigenvalue weighted by molar-refractivity contribution is 7.98. The first-order valence-electron chi connectivity index (χ1n) is 9.83. The van der Waals surface area contributed by atoms with Crippen LogP contribution in [-0.2, 0) is 10.5 Å². The number of anilines is 1. The zero-order valence-corrected chi connectivity index (χ0v) is 18.3. The summed E-state index contributed by atoms with van der Waals surface area (Å²) in [4.78, 5) is 32.9. The molecule has 0 spiro atoms. The van der Waals surface area contributed by atoms with Crippen molar-refractivity contribution in [3.63, 3.8) is 0 Å². The van der Waals surface area contributed by atoms with Crippen LogP contribution < -0.4 is 20.3 Å². The monoisotopic (exact) mass is 437 g/mol. The number of hydrogen-bond acceptors (Lipinski definition) is 6. The average Bonchev–Trinajstić information content (AvgIpc) is 2.76. The van der Waals surface area contributed by atoms with Gasteiger partial charge in [0.15, 0.2) is 16.7 Å². The maximum Gasteiger partial charge on any atom is 0.257 e. The number of nitrogens with zero attached hydrogens (tertiary/aromatic N) is 1. The minimum absolute atomic E-state index is 0.122. The van der Waals surface area contributed by atoms with Crippen molar-refractivity contribution < 1.29 is 14.3 Å². The number of amides is 1. The molecule has 0 fully saturated rings. The van der Waals surface area contributed by atoms with Crippen LogP contribution in [0, 0.1) is 6.92 Å². The van der Waals surface area contributed by atoms with Gasteiger partial charge in [0.2, 0.25) is 5.91 Å². The van der Waals surface area contributed by atoms with Gasteiger partial charge in [-0.3, -0.25) is 9.59 Å². The first-order valence-corrected chi connectivity index (χ1v) is 10.8. The zero-order valence-electron chi connectivity index (χ0n) is 17.5. The van der Waals surface area contributed by atoms with E-state index in [-0.39, 0.29) is 17.9 Å². The van der Waals surface area contributed by atoms with Crippen LogP contribution >= 0.6 is 11.8 Å². The second-order valence-corrected chi connectivity index (χ2v) is 8.26. The Balaban J connectivity index is 1.70. The number of carbonyl (C=O) groups excluding carboxylic acids is 1. The number of fused-ring (bicyclic) bond motifs is 1. The summed E-state index contributed by atoms with van der Waals surface area (Å²) in [5.41, 5.74) is 3.17. The van der Waals surface area contributed by atoms with E-state index >= 15 is 0 Å². The van der Waals surface area contributed by atoms with Gasteiger partial charge in [0.1, 0.15) is 5.82 Å². The van der Waals surface area contributed by atoms with Crippen LogP contribution in [-0.4, -0.2) is 30.1 Å². The van der Waals surface area contributed by atoms with Crippen molar-refractivity contribution in [2.75, 3.05) is 19.5 Å². The lowest BCUT2D eigenvalue weighted by Gasteiger charge is -2.26. The van der Waals surface area contributed by atoms with Crippen molar-refractivity contribution >= 4 is 23.5 Å². The SMILES string of the molecule is COc1cccc([C@@H]2CC(=O)Nc3nc(SCc4cccc(C)c4)[nH]c(=O)c32)c1OC. The number of nitrogens with one attached hydrogen (secondary N) is 2. The Morgan fingerprint density at radius 1 is 1.13 bits per heavy atom. The Morgan fingerprint density at radius 2 is 1.94 bits per heavy atom. The molecule has 8 heteroatoms. The van der Waals surface area contributed by atoms with Crippen LogP contribution in [0.15, 0.2) is 52.4 Å². The fourth-order valence-corrected chi connectivity index (χ4v) is 4.63. The Bertz CT molecular complexity index is 1190. The molecule has 0 saturated heterocycles. The molecule has 0 aliphatic carbocycles. The third-order valence-electron chi connectivity index (χ3n) is 5.20. The summed E-state index contributed by atoms with van der Waals surface area (Å²) in [5.74, 6) is 1.32. The number of benzene rings is 2. The van der Waals surface area contributed by atoms with Gasteiger partial charge >= 0.3 is 0 Å². The molecule has 7 nitrogen and oxygen atoms in total. The Kier molecular flexibility index (Phi) is 5.99. The normalized spacial score (nSPS) is 15.2. The second kappa shape index (κ2) is 8.85. The molecule has 160 valence electrons. The van der Waals surface area contributed by atoms with Gasteiger partial charge in [0, 0.05) is 23.7 Å². The molecule has 1 atom stereocenters. The molecule has 0 radical (unpaired) electrons. The summed E-state index contributed by atoms with van der Waals surface area (Å²) >= 11 is 1.42. The summed E-state index contributed by atoms with van der Waals surface area (Å²) in [6, 6.07) is 13.6. The van der Waals surface area contributed by atoms with E-state index in [1.165, 1.54) is 17.3 Å². The zero-order chi connectivity index (χ0) is 22.0. The molecule has 1 aliphatic rings. The van der Waals surface area contributed by atoms with Gasteiger partial charge in [-0.25, -0.2) is 4.98 Å². The molecular weight excluding hydrogens is 414 g/mol. The van der Waals surface area contributed by atoms with E-state index in [0.717, 1.165) is 5.56 Å². The summed E-state index contributed by atoms with van der Waals surface area (Å²) in [6.07, 6.45) is 0.122. The van der Waals surface area contributed by atoms with E-state index in [1.54, 1.807) is 20.3 Å².